The van der Waals surface area contributed by atoms with Gasteiger partial charge in [0, 0.05) is 16.1 Å². The van der Waals surface area contributed by atoms with Crippen molar-refractivity contribution >= 4 is 39.2 Å². The maximum Gasteiger partial charge on any atom is 0.238 e. The van der Waals surface area contributed by atoms with Crippen LogP contribution in [0.1, 0.15) is 16.8 Å². The molecule has 2 aromatic rings. The van der Waals surface area contributed by atoms with Gasteiger partial charge in [-0.15, -0.1) is 0 Å². The van der Waals surface area contributed by atoms with Crippen LogP contribution in [0.5, 0.6) is 5.75 Å². The monoisotopic (exact) mass is 477 g/mol. The molecule has 1 saturated heterocycles. The summed E-state index contributed by atoms with van der Waals surface area (Å²) in [6.45, 7) is -0.115. The Kier molecular flexibility index (Phi) is 4.22. The number of carbonyl (C=O) groups is 3. The fraction of sp³-hybridized carbons (Fsp3) is 0.320. The van der Waals surface area contributed by atoms with Gasteiger partial charge in [-0.05, 0) is 54.4 Å². The van der Waals surface area contributed by atoms with Crippen molar-refractivity contribution < 1.29 is 19.1 Å². The molecule has 2 bridgehead atoms. The van der Waals surface area contributed by atoms with Crippen LogP contribution in [0.3, 0.4) is 0 Å². The quantitative estimate of drug-likeness (QED) is 0.366. The molecule has 0 spiro atoms. The zero-order valence-corrected chi connectivity index (χ0v) is 18.2. The molecule has 6 atom stereocenters. The van der Waals surface area contributed by atoms with Crippen LogP contribution in [-0.2, 0) is 9.59 Å². The first-order valence-corrected chi connectivity index (χ1v) is 11.4. The molecule has 31 heavy (non-hydrogen) atoms. The van der Waals surface area contributed by atoms with E-state index < -0.39 is 0 Å². The molecule has 1 heterocycles. The minimum Gasteiger partial charge on any atom is -0.485 e. The Morgan fingerprint density at radius 2 is 1.61 bits per heavy atom. The summed E-state index contributed by atoms with van der Waals surface area (Å²) in [7, 11) is 0. The molecule has 0 aromatic heterocycles. The molecule has 2 aromatic carbocycles. The van der Waals surface area contributed by atoms with E-state index in [-0.39, 0.29) is 47.9 Å². The Morgan fingerprint density at radius 1 is 0.968 bits per heavy atom. The van der Waals surface area contributed by atoms with Crippen LogP contribution in [0.2, 0.25) is 0 Å². The van der Waals surface area contributed by atoms with Gasteiger partial charge in [0.25, 0.3) is 0 Å². The fourth-order valence-corrected chi connectivity index (χ4v) is 6.06. The van der Waals surface area contributed by atoms with E-state index >= 15 is 0 Å². The normalized spacial score (nSPS) is 32.1. The number of halogens is 1. The maximum absolute atomic E-state index is 13.3. The minimum atomic E-state index is -0.227. The van der Waals surface area contributed by atoms with Crippen LogP contribution >= 0.6 is 15.9 Å². The van der Waals surface area contributed by atoms with E-state index in [1.54, 1.807) is 36.4 Å². The van der Waals surface area contributed by atoms with Crippen molar-refractivity contribution in [2.45, 2.75) is 6.42 Å². The molecule has 0 unspecified atom stereocenters. The number of ketones is 1. The molecule has 2 amide bonds. The molecule has 4 aliphatic carbocycles. The number of hydrogen-bond acceptors (Lipinski definition) is 4. The van der Waals surface area contributed by atoms with Crippen LogP contribution in [0.15, 0.2) is 65.2 Å². The number of rotatable bonds is 5. The smallest absolute Gasteiger partial charge is 0.238 e. The number of amides is 2. The van der Waals surface area contributed by atoms with Gasteiger partial charge in [0.15, 0.2) is 12.4 Å². The Hall–Kier alpha value is -2.73. The zero-order valence-electron chi connectivity index (χ0n) is 16.6. The number of imide groups is 1. The largest absolute Gasteiger partial charge is 0.485 e. The number of ether oxygens (including phenoxy) is 1. The van der Waals surface area contributed by atoms with Crippen LogP contribution < -0.4 is 9.64 Å². The predicted molar refractivity (Wildman–Crippen MR) is 118 cm³/mol. The van der Waals surface area contributed by atoms with E-state index in [1.165, 1.54) is 4.90 Å². The molecular formula is C25H20BrNO4. The van der Waals surface area contributed by atoms with E-state index in [0.717, 1.165) is 10.9 Å². The first-order chi connectivity index (χ1) is 15.0. The van der Waals surface area contributed by atoms with Gasteiger partial charge >= 0.3 is 0 Å². The van der Waals surface area contributed by atoms with Crippen molar-refractivity contribution in [3.05, 3.63) is 70.7 Å². The summed E-state index contributed by atoms with van der Waals surface area (Å²) in [6, 6.07) is 14.0. The number of hydrogen-bond donors (Lipinski definition) is 0. The first kappa shape index (κ1) is 19.0. The summed E-state index contributed by atoms with van der Waals surface area (Å²) in [5.41, 5.74) is 1.08. The van der Waals surface area contributed by atoms with Crippen LogP contribution in [-0.4, -0.2) is 24.2 Å². The summed E-state index contributed by atoms with van der Waals surface area (Å²) < 4.78 is 6.60. The molecule has 0 N–H and O–H groups in total. The highest BCUT2D eigenvalue weighted by molar-refractivity contribution is 9.10. The molecule has 7 rings (SSSR count). The molecule has 2 saturated carbocycles. The average Bonchev–Trinajstić information content (AvgIpc) is 3.56. The van der Waals surface area contributed by atoms with Gasteiger partial charge in [-0.2, -0.15) is 0 Å². The molecule has 5 aliphatic rings. The third-order valence-electron chi connectivity index (χ3n) is 7.27. The fourth-order valence-electron chi connectivity index (χ4n) is 5.79. The van der Waals surface area contributed by atoms with Crippen molar-refractivity contribution in [1.29, 1.82) is 0 Å². The second kappa shape index (κ2) is 6.89. The summed E-state index contributed by atoms with van der Waals surface area (Å²) in [4.78, 5) is 40.3. The number of Topliss-reactive ketones (excluding diaryl/α,β-unsaturated/α-hetero) is 1. The third kappa shape index (κ3) is 2.92. The van der Waals surface area contributed by atoms with Gasteiger partial charge < -0.3 is 4.74 Å². The summed E-state index contributed by atoms with van der Waals surface area (Å²) in [5, 5.41) is 0. The Bertz CT molecular complexity index is 1100. The topological polar surface area (TPSA) is 63.7 Å². The number of benzene rings is 2. The minimum absolute atomic E-state index is 0.0946. The molecule has 6 heteroatoms. The standard InChI is InChI=1S/C25H20BrNO4/c26-14-6-4-13(5-7-14)21(28)12-31-16-3-1-2-15(10-16)27-24(29)22-17-8-9-18(20-11-19(17)20)23(22)25(27)30/h1-10,17-20,22-23H,11-12H2/t17-,18-,19-,20-,22-,23+/m1/s1. The summed E-state index contributed by atoms with van der Waals surface area (Å²) >= 11 is 3.35. The van der Waals surface area contributed by atoms with Crippen LogP contribution in [0, 0.1) is 35.5 Å². The third-order valence-corrected chi connectivity index (χ3v) is 7.80. The average molecular weight is 478 g/mol. The number of carbonyl (C=O) groups excluding carboxylic acids is 3. The molecule has 156 valence electrons. The maximum atomic E-state index is 13.3. The van der Waals surface area contributed by atoms with Gasteiger partial charge in [-0.3, -0.25) is 14.4 Å². The molecular weight excluding hydrogens is 458 g/mol. The van der Waals surface area contributed by atoms with Crippen molar-refractivity contribution in [2.75, 3.05) is 11.5 Å². The van der Waals surface area contributed by atoms with Crippen molar-refractivity contribution in [3.8, 4) is 5.75 Å². The van der Waals surface area contributed by atoms with E-state index in [0.29, 0.717) is 28.8 Å². The Labute approximate surface area is 188 Å². The summed E-state index contributed by atoms with van der Waals surface area (Å²) in [5.74, 6) is 1.23. The predicted octanol–water partition coefficient (Wildman–Crippen LogP) is 4.27. The lowest BCUT2D eigenvalue weighted by molar-refractivity contribution is -0.124. The highest BCUT2D eigenvalue weighted by atomic mass is 79.9. The SMILES string of the molecule is O=C(COc1cccc(N2C(=O)[C@@H]3[C@@H]4C=C[C@H]([C@H]5C[C@H]45)[C@@H]3C2=O)c1)c1ccc(Br)cc1. The van der Waals surface area contributed by atoms with Gasteiger partial charge in [0.1, 0.15) is 5.75 Å². The highest BCUT2D eigenvalue weighted by Gasteiger charge is 2.67. The molecule has 5 nitrogen and oxygen atoms in total. The van der Waals surface area contributed by atoms with Crippen molar-refractivity contribution in [3.63, 3.8) is 0 Å². The van der Waals surface area contributed by atoms with Gasteiger partial charge in [0.2, 0.25) is 11.8 Å². The molecule has 3 fully saturated rings. The molecule has 1 aliphatic heterocycles. The Morgan fingerprint density at radius 3 is 2.26 bits per heavy atom. The van der Waals surface area contributed by atoms with Gasteiger partial charge in [-0.25, -0.2) is 4.90 Å². The number of nitrogens with zero attached hydrogens (tertiary/aromatic N) is 1. The zero-order chi connectivity index (χ0) is 21.3. The van der Waals surface area contributed by atoms with E-state index in [1.807, 2.05) is 12.1 Å². The van der Waals surface area contributed by atoms with Crippen molar-refractivity contribution in [2.24, 2.45) is 35.5 Å². The van der Waals surface area contributed by atoms with E-state index in [4.69, 9.17) is 4.74 Å². The van der Waals surface area contributed by atoms with Crippen LogP contribution in [0.25, 0.3) is 0 Å². The number of anilines is 1. The van der Waals surface area contributed by atoms with Crippen LogP contribution in [0.4, 0.5) is 5.69 Å². The molecule has 0 radical (unpaired) electrons. The Balaban J connectivity index is 1.20. The van der Waals surface area contributed by atoms with E-state index in [2.05, 4.69) is 28.1 Å². The second-order valence-electron chi connectivity index (χ2n) is 8.88. The lowest BCUT2D eigenvalue weighted by atomic mass is 9.63. The van der Waals surface area contributed by atoms with Gasteiger partial charge in [0.05, 0.1) is 17.5 Å². The van der Waals surface area contributed by atoms with Crippen molar-refractivity contribution in [1.82, 2.24) is 0 Å². The highest BCUT2D eigenvalue weighted by Crippen LogP contribution is 2.65. The summed E-state index contributed by atoms with van der Waals surface area (Å²) in [6.07, 6.45) is 5.48. The van der Waals surface area contributed by atoms with E-state index in [9.17, 15) is 14.4 Å². The van der Waals surface area contributed by atoms with Gasteiger partial charge in [-0.1, -0.05) is 46.3 Å². The second-order valence-corrected chi connectivity index (χ2v) is 9.80. The lowest BCUT2D eigenvalue weighted by Crippen LogP contribution is -2.40. The lowest BCUT2D eigenvalue weighted by Gasteiger charge is -2.37. The number of allylic oxidation sites excluding steroid dienone is 2. The first-order valence-electron chi connectivity index (χ1n) is 10.6.